The zero-order chi connectivity index (χ0) is 12.8. The fourth-order valence-corrected chi connectivity index (χ4v) is 2.11. The van der Waals surface area contributed by atoms with Crippen molar-refractivity contribution in [2.45, 2.75) is 39.2 Å². The first-order valence-electron chi connectivity index (χ1n) is 6.30. The number of carbonyl (C=O) groups is 2. The second kappa shape index (κ2) is 8.32. The first-order chi connectivity index (χ1) is 8.00. The molecule has 0 aliphatic carbocycles. The highest BCUT2D eigenvalue weighted by Gasteiger charge is 2.22. The molecular formula is C12H24ClN3O2. The summed E-state index contributed by atoms with van der Waals surface area (Å²) in [5.74, 6) is 0.0849. The van der Waals surface area contributed by atoms with E-state index in [1.807, 2.05) is 13.8 Å². The van der Waals surface area contributed by atoms with E-state index in [1.54, 1.807) is 0 Å². The van der Waals surface area contributed by atoms with Crippen LogP contribution in [0, 0.1) is 11.8 Å². The predicted molar refractivity (Wildman–Crippen MR) is 73.4 cm³/mol. The molecule has 0 radical (unpaired) electrons. The van der Waals surface area contributed by atoms with Gasteiger partial charge in [0, 0.05) is 6.42 Å². The van der Waals surface area contributed by atoms with Gasteiger partial charge < -0.3 is 16.4 Å². The summed E-state index contributed by atoms with van der Waals surface area (Å²) in [7, 11) is 0. The molecule has 0 aromatic heterocycles. The predicted octanol–water partition coefficient (Wildman–Crippen LogP) is 0.424. The number of halogens is 1. The summed E-state index contributed by atoms with van der Waals surface area (Å²) in [6, 6.07) is -0.552. The first-order valence-corrected chi connectivity index (χ1v) is 6.30. The Morgan fingerprint density at radius 3 is 2.56 bits per heavy atom. The van der Waals surface area contributed by atoms with Gasteiger partial charge in [0.2, 0.25) is 11.8 Å². The Bertz CT molecular complexity index is 278. The molecule has 0 aromatic rings. The minimum absolute atomic E-state index is 0. The average Bonchev–Trinajstić information content (AvgIpc) is 2.74. The number of hydrogen-bond donors (Lipinski definition) is 3. The van der Waals surface area contributed by atoms with Crippen molar-refractivity contribution in [3.05, 3.63) is 0 Å². The van der Waals surface area contributed by atoms with Crippen LogP contribution in [0.25, 0.3) is 0 Å². The van der Waals surface area contributed by atoms with Crippen LogP contribution in [0.2, 0.25) is 0 Å². The highest BCUT2D eigenvalue weighted by atomic mass is 35.5. The van der Waals surface area contributed by atoms with Crippen LogP contribution < -0.4 is 16.4 Å². The lowest BCUT2D eigenvalue weighted by Crippen LogP contribution is -2.47. The van der Waals surface area contributed by atoms with Gasteiger partial charge in [-0.3, -0.25) is 9.59 Å². The fraction of sp³-hybridized carbons (Fsp3) is 0.833. The lowest BCUT2D eigenvalue weighted by molar-refractivity contribution is -0.128. The summed E-state index contributed by atoms with van der Waals surface area (Å²) in [6.07, 6.45) is 2.49. The Hall–Kier alpha value is -0.810. The van der Waals surface area contributed by atoms with Gasteiger partial charge in [0.15, 0.2) is 0 Å². The first kappa shape index (κ1) is 17.2. The molecule has 1 aliphatic heterocycles. The molecule has 5 nitrogen and oxygen atoms in total. The zero-order valence-corrected chi connectivity index (χ0v) is 11.9. The van der Waals surface area contributed by atoms with E-state index in [2.05, 4.69) is 10.6 Å². The van der Waals surface area contributed by atoms with E-state index in [9.17, 15) is 9.59 Å². The summed E-state index contributed by atoms with van der Waals surface area (Å²) in [6.45, 7) is 5.78. The molecule has 18 heavy (non-hydrogen) atoms. The van der Waals surface area contributed by atoms with Crippen molar-refractivity contribution in [2.24, 2.45) is 17.6 Å². The second-order valence-electron chi connectivity index (χ2n) is 5.09. The van der Waals surface area contributed by atoms with E-state index in [1.165, 1.54) is 0 Å². The van der Waals surface area contributed by atoms with Gasteiger partial charge in [-0.05, 0) is 37.8 Å². The average molecular weight is 278 g/mol. The summed E-state index contributed by atoms with van der Waals surface area (Å²) < 4.78 is 0. The molecule has 6 heteroatoms. The topological polar surface area (TPSA) is 84.2 Å². The van der Waals surface area contributed by atoms with Crippen LogP contribution in [0.3, 0.4) is 0 Å². The Kier molecular flexibility index (Phi) is 7.95. The molecule has 1 fully saturated rings. The van der Waals surface area contributed by atoms with E-state index < -0.39 is 11.9 Å². The van der Waals surface area contributed by atoms with Crippen molar-refractivity contribution >= 4 is 24.2 Å². The number of nitrogens with two attached hydrogens (primary N) is 1. The second-order valence-corrected chi connectivity index (χ2v) is 5.09. The number of hydrogen-bond acceptors (Lipinski definition) is 3. The van der Waals surface area contributed by atoms with Gasteiger partial charge in [0.1, 0.15) is 6.04 Å². The summed E-state index contributed by atoms with van der Waals surface area (Å²) >= 11 is 0. The van der Waals surface area contributed by atoms with Crippen molar-refractivity contribution < 1.29 is 9.59 Å². The van der Waals surface area contributed by atoms with Crippen LogP contribution in [0.15, 0.2) is 0 Å². The van der Waals surface area contributed by atoms with E-state index in [0.29, 0.717) is 12.3 Å². The van der Waals surface area contributed by atoms with Gasteiger partial charge in [-0.1, -0.05) is 13.8 Å². The number of nitrogens with one attached hydrogen (secondary N) is 2. The van der Waals surface area contributed by atoms with E-state index in [0.717, 1.165) is 25.9 Å². The van der Waals surface area contributed by atoms with E-state index in [-0.39, 0.29) is 24.2 Å². The number of amides is 2. The molecule has 2 unspecified atom stereocenters. The molecule has 1 rings (SSSR count). The molecule has 106 valence electrons. The Labute approximate surface area is 115 Å². The van der Waals surface area contributed by atoms with Gasteiger partial charge in [-0.25, -0.2) is 0 Å². The number of carbonyl (C=O) groups excluding carboxylic acids is 2. The van der Waals surface area contributed by atoms with Gasteiger partial charge in [0.05, 0.1) is 0 Å². The molecule has 1 heterocycles. The Morgan fingerprint density at radius 1 is 1.44 bits per heavy atom. The third-order valence-corrected chi connectivity index (χ3v) is 3.23. The third kappa shape index (κ3) is 5.69. The molecular weight excluding hydrogens is 254 g/mol. The molecule has 0 spiro atoms. The monoisotopic (exact) mass is 277 g/mol. The minimum atomic E-state index is -0.552. The summed E-state index contributed by atoms with van der Waals surface area (Å²) in [5.41, 5.74) is 5.24. The van der Waals surface area contributed by atoms with Crippen LogP contribution in [0.5, 0.6) is 0 Å². The Balaban J connectivity index is 0.00000289. The number of primary amides is 1. The molecule has 0 bridgehead atoms. The molecule has 2 atom stereocenters. The SMILES string of the molecule is CC(C)C(NC(=O)CCC1CCNC1)C(N)=O.Cl. The largest absolute Gasteiger partial charge is 0.368 e. The fourth-order valence-electron chi connectivity index (χ4n) is 2.11. The smallest absolute Gasteiger partial charge is 0.240 e. The normalized spacial score (nSPS) is 20.3. The molecule has 1 aliphatic rings. The van der Waals surface area contributed by atoms with Crippen molar-refractivity contribution in [1.82, 2.24) is 10.6 Å². The maximum atomic E-state index is 11.7. The maximum absolute atomic E-state index is 11.7. The lowest BCUT2D eigenvalue weighted by atomic mass is 10.0. The molecule has 0 aromatic carbocycles. The van der Waals surface area contributed by atoms with Crippen molar-refractivity contribution in [3.63, 3.8) is 0 Å². The highest BCUT2D eigenvalue weighted by molar-refractivity contribution is 5.86. The lowest BCUT2D eigenvalue weighted by Gasteiger charge is -2.19. The third-order valence-electron chi connectivity index (χ3n) is 3.23. The van der Waals surface area contributed by atoms with E-state index >= 15 is 0 Å². The molecule has 4 N–H and O–H groups in total. The van der Waals surface area contributed by atoms with Gasteiger partial charge in [-0.2, -0.15) is 0 Å². The molecule has 2 amide bonds. The van der Waals surface area contributed by atoms with Crippen molar-refractivity contribution in [1.29, 1.82) is 0 Å². The van der Waals surface area contributed by atoms with Gasteiger partial charge in [-0.15, -0.1) is 12.4 Å². The molecule has 0 saturated carbocycles. The zero-order valence-electron chi connectivity index (χ0n) is 11.1. The van der Waals surface area contributed by atoms with Crippen molar-refractivity contribution in [2.75, 3.05) is 13.1 Å². The van der Waals surface area contributed by atoms with E-state index in [4.69, 9.17) is 5.73 Å². The molecule has 1 saturated heterocycles. The highest BCUT2D eigenvalue weighted by Crippen LogP contribution is 2.14. The van der Waals surface area contributed by atoms with Crippen LogP contribution in [0.4, 0.5) is 0 Å². The van der Waals surface area contributed by atoms with Crippen LogP contribution in [0.1, 0.15) is 33.1 Å². The van der Waals surface area contributed by atoms with Crippen LogP contribution in [-0.4, -0.2) is 30.9 Å². The van der Waals surface area contributed by atoms with Gasteiger partial charge >= 0.3 is 0 Å². The van der Waals surface area contributed by atoms with Crippen molar-refractivity contribution in [3.8, 4) is 0 Å². The number of rotatable bonds is 6. The summed E-state index contributed by atoms with van der Waals surface area (Å²) in [4.78, 5) is 22.8. The minimum Gasteiger partial charge on any atom is -0.368 e. The van der Waals surface area contributed by atoms with Gasteiger partial charge in [0.25, 0.3) is 0 Å². The quantitative estimate of drug-likeness (QED) is 0.658. The maximum Gasteiger partial charge on any atom is 0.240 e. The standard InChI is InChI=1S/C12H23N3O2.ClH/c1-8(2)11(12(13)17)15-10(16)4-3-9-5-6-14-7-9;/h8-9,11,14H,3-7H2,1-2H3,(H2,13,17)(H,15,16);1H. The van der Waals surface area contributed by atoms with Crippen LogP contribution >= 0.6 is 12.4 Å². The van der Waals surface area contributed by atoms with Crippen LogP contribution in [-0.2, 0) is 9.59 Å². The Morgan fingerprint density at radius 2 is 2.11 bits per heavy atom. The summed E-state index contributed by atoms with van der Waals surface area (Å²) in [5, 5.41) is 5.97.